The van der Waals surface area contributed by atoms with Crippen LogP contribution in [0, 0.1) is 11.8 Å². The van der Waals surface area contributed by atoms with E-state index in [2.05, 4.69) is 24.3 Å². The average Bonchev–Trinajstić information content (AvgIpc) is 2.87. The Labute approximate surface area is 122 Å². The predicted molar refractivity (Wildman–Crippen MR) is 79.5 cm³/mol. The maximum atomic E-state index is 11.6. The number of carbonyl (C=O) groups excluding carboxylic acids is 1. The van der Waals surface area contributed by atoms with Crippen LogP contribution in [0.25, 0.3) is 0 Å². The minimum Gasteiger partial charge on any atom is -0.434 e. The first-order valence-corrected chi connectivity index (χ1v) is 7.97. The molecule has 0 aromatic rings. The van der Waals surface area contributed by atoms with Gasteiger partial charge in [-0.15, -0.1) is 0 Å². The third-order valence-electron chi connectivity index (χ3n) is 4.04. The van der Waals surface area contributed by atoms with Gasteiger partial charge in [0.1, 0.15) is 13.2 Å². The molecule has 0 aromatic carbocycles. The topological polar surface area (TPSA) is 35.5 Å². The number of ether oxygens (including phenoxy) is 2. The van der Waals surface area contributed by atoms with Crippen molar-refractivity contribution < 1.29 is 14.3 Å². The summed E-state index contributed by atoms with van der Waals surface area (Å²) in [7, 11) is 0. The third kappa shape index (κ3) is 5.81. The lowest BCUT2D eigenvalue weighted by atomic mass is 10.1. The minimum absolute atomic E-state index is 0.364. The molecule has 0 radical (unpaired) electrons. The van der Waals surface area contributed by atoms with Crippen LogP contribution in [0.2, 0.25) is 0 Å². The van der Waals surface area contributed by atoms with E-state index < -0.39 is 6.16 Å². The normalized spacial score (nSPS) is 26.6. The van der Waals surface area contributed by atoms with Crippen molar-refractivity contribution in [2.75, 3.05) is 13.2 Å². The number of allylic oxidation sites excluding steroid dienone is 2. The molecule has 0 saturated heterocycles. The second-order valence-electron chi connectivity index (χ2n) is 5.82. The van der Waals surface area contributed by atoms with Gasteiger partial charge in [-0.1, -0.05) is 37.1 Å². The maximum absolute atomic E-state index is 11.6. The Balaban J connectivity index is 1.62. The van der Waals surface area contributed by atoms with Crippen molar-refractivity contribution in [3.8, 4) is 0 Å². The first kappa shape index (κ1) is 15.1. The van der Waals surface area contributed by atoms with Crippen LogP contribution in [-0.2, 0) is 9.47 Å². The molecule has 2 aliphatic carbocycles. The number of hydrogen-bond acceptors (Lipinski definition) is 3. The van der Waals surface area contributed by atoms with Gasteiger partial charge in [0.05, 0.1) is 0 Å². The quantitative estimate of drug-likeness (QED) is 0.555. The van der Waals surface area contributed by atoms with Gasteiger partial charge < -0.3 is 9.47 Å². The summed E-state index contributed by atoms with van der Waals surface area (Å²) in [5.41, 5.74) is 0. The fourth-order valence-electron chi connectivity index (χ4n) is 2.78. The molecule has 0 heterocycles. The van der Waals surface area contributed by atoms with Crippen molar-refractivity contribution >= 4 is 6.16 Å². The van der Waals surface area contributed by atoms with E-state index in [1.54, 1.807) is 0 Å². The van der Waals surface area contributed by atoms with Gasteiger partial charge in [-0.3, -0.25) is 0 Å². The van der Waals surface area contributed by atoms with Crippen LogP contribution in [-0.4, -0.2) is 19.4 Å². The molecule has 112 valence electrons. The van der Waals surface area contributed by atoms with Crippen LogP contribution >= 0.6 is 0 Å². The summed E-state index contributed by atoms with van der Waals surface area (Å²) >= 11 is 0. The lowest BCUT2D eigenvalue weighted by Crippen LogP contribution is -2.17. The summed E-state index contributed by atoms with van der Waals surface area (Å²) in [5.74, 6) is 0.727. The summed E-state index contributed by atoms with van der Waals surface area (Å²) in [6.45, 7) is 0.908. The van der Waals surface area contributed by atoms with Gasteiger partial charge in [-0.25, -0.2) is 4.79 Å². The number of rotatable bonds is 4. The number of hydrogen-bond donors (Lipinski definition) is 0. The van der Waals surface area contributed by atoms with Crippen molar-refractivity contribution in [2.24, 2.45) is 11.8 Å². The Kier molecular flexibility index (Phi) is 6.69. The van der Waals surface area contributed by atoms with Crippen molar-refractivity contribution in [3.05, 3.63) is 24.3 Å². The minimum atomic E-state index is -0.514. The molecule has 0 aromatic heterocycles. The lowest BCUT2D eigenvalue weighted by Gasteiger charge is -2.14. The van der Waals surface area contributed by atoms with Crippen LogP contribution in [0.15, 0.2) is 24.3 Å². The maximum Gasteiger partial charge on any atom is 0.508 e. The van der Waals surface area contributed by atoms with E-state index in [1.807, 2.05) is 0 Å². The molecule has 0 spiro atoms. The summed E-state index contributed by atoms with van der Waals surface area (Å²) in [4.78, 5) is 11.6. The summed E-state index contributed by atoms with van der Waals surface area (Å²) in [5, 5.41) is 0. The molecule has 0 bridgehead atoms. The second kappa shape index (κ2) is 8.83. The fraction of sp³-hybridized carbons (Fsp3) is 0.706. The average molecular weight is 278 g/mol. The van der Waals surface area contributed by atoms with Crippen LogP contribution in [0.3, 0.4) is 0 Å². The molecule has 3 heteroatoms. The van der Waals surface area contributed by atoms with E-state index in [1.165, 1.54) is 25.7 Å². The van der Waals surface area contributed by atoms with E-state index in [4.69, 9.17) is 9.47 Å². The fourth-order valence-corrected chi connectivity index (χ4v) is 2.78. The van der Waals surface area contributed by atoms with E-state index in [-0.39, 0.29) is 0 Å². The van der Waals surface area contributed by atoms with Gasteiger partial charge in [0, 0.05) is 11.8 Å². The number of carbonyl (C=O) groups is 1. The van der Waals surface area contributed by atoms with Crippen molar-refractivity contribution in [1.29, 1.82) is 0 Å². The molecule has 2 atom stereocenters. The van der Waals surface area contributed by atoms with E-state index in [0.29, 0.717) is 25.0 Å². The van der Waals surface area contributed by atoms with Crippen LogP contribution < -0.4 is 0 Å². The second-order valence-corrected chi connectivity index (χ2v) is 5.82. The van der Waals surface area contributed by atoms with Gasteiger partial charge in [-0.2, -0.15) is 0 Å². The van der Waals surface area contributed by atoms with E-state index in [0.717, 1.165) is 25.7 Å². The van der Waals surface area contributed by atoms with Crippen molar-refractivity contribution in [2.45, 2.75) is 51.4 Å². The predicted octanol–water partition coefficient (Wildman–Crippen LogP) is 4.63. The zero-order valence-electron chi connectivity index (χ0n) is 12.3. The van der Waals surface area contributed by atoms with Gasteiger partial charge in [0.25, 0.3) is 0 Å². The van der Waals surface area contributed by atoms with Crippen LogP contribution in [0.4, 0.5) is 4.79 Å². The molecule has 3 nitrogen and oxygen atoms in total. The Morgan fingerprint density at radius 1 is 0.850 bits per heavy atom. The third-order valence-corrected chi connectivity index (χ3v) is 4.04. The van der Waals surface area contributed by atoms with E-state index in [9.17, 15) is 4.79 Å². The first-order valence-electron chi connectivity index (χ1n) is 7.97. The Hall–Kier alpha value is -1.25. The molecule has 20 heavy (non-hydrogen) atoms. The SMILES string of the molecule is O=C(OCC1C=CCCCC1)OCC1C=CCCCC1. The van der Waals surface area contributed by atoms with Gasteiger partial charge >= 0.3 is 6.16 Å². The van der Waals surface area contributed by atoms with Gasteiger partial charge in [-0.05, 0) is 38.5 Å². The van der Waals surface area contributed by atoms with Crippen molar-refractivity contribution in [3.63, 3.8) is 0 Å². The highest BCUT2D eigenvalue weighted by molar-refractivity contribution is 5.59. The van der Waals surface area contributed by atoms with Crippen LogP contribution in [0.5, 0.6) is 0 Å². The molecule has 0 amide bonds. The lowest BCUT2D eigenvalue weighted by molar-refractivity contribution is 0.0408. The molecule has 0 saturated carbocycles. The zero-order chi connectivity index (χ0) is 14.0. The molecule has 2 aliphatic rings. The first-order chi connectivity index (χ1) is 9.84. The molecule has 0 fully saturated rings. The Bertz CT molecular complexity index is 314. The molecule has 2 unspecified atom stereocenters. The largest absolute Gasteiger partial charge is 0.508 e. The summed E-state index contributed by atoms with van der Waals surface area (Å²) < 4.78 is 10.4. The molecule has 0 aliphatic heterocycles. The smallest absolute Gasteiger partial charge is 0.434 e. The summed E-state index contributed by atoms with van der Waals surface area (Å²) in [6, 6.07) is 0. The van der Waals surface area contributed by atoms with Crippen LogP contribution in [0.1, 0.15) is 51.4 Å². The highest BCUT2D eigenvalue weighted by atomic mass is 16.7. The monoisotopic (exact) mass is 278 g/mol. The summed E-state index contributed by atoms with van der Waals surface area (Å²) in [6.07, 6.45) is 17.6. The molecular formula is C17H26O3. The van der Waals surface area contributed by atoms with E-state index >= 15 is 0 Å². The highest BCUT2D eigenvalue weighted by Crippen LogP contribution is 2.19. The van der Waals surface area contributed by atoms with Gasteiger partial charge in [0.2, 0.25) is 0 Å². The molecule has 0 N–H and O–H groups in total. The molecule has 2 rings (SSSR count). The van der Waals surface area contributed by atoms with Crippen molar-refractivity contribution in [1.82, 2.24) is 0 Å². The molecular weight excluding hydrogens is 252 g/mol. The van der Waals surface area contributed by atoms with Gasteiger partial charge in [0.15, 0.2) is 0 Å². The zero-order valence-corrected chi connectivity index (χ0v) is 12.3. The Morgan fingerprint density at radius 3 is 1.85 bits per heavy atom. The Morgan fingerprint density at radius 2 is 1.35 bits per heavy atom. The standard InChI is InChI=1S/C17H26O3/c18-17(19-13-15-9-5-1-2-6-10-15)20-14-16-11-7-3-4-8-12-16/h5,7,9,11,15-16H,1-4,6,8,10,12-14H2. The highest BCUT2D eigenvalue weighted by Gasteiger charge is 2.14.